The standard InChI is InChI=1S/C16H24N2/c1-18(16-7-4-10-17-12-16)15-9-8-13-5-2-3-6-14(13)11-15/h2-3,5-6,15-17H,4,7-12H2,1H3. The number of nitrogens with zero attached hydrogens (tertiary/aromatic N) is 1. The summed E-state index contributed by atoms with van der Waals surface area (Å²) >= 11 is 0. The largest absolute Gasteiger partial charge is 0.315 e. The highest BCUT2D eigenvalue weighted by molar-refractivity contribution is 5.30. The summed E-state index contributed by atoms with van der Waals surface area (Å²) in [4.78, 5) is 2.64. The fourth-order valence-corrected chi connectivity index (χ4v) is 3.51. The highest BCUT2D eigenvalue weighted by atomic mass is 15.2. The molecule has 0 bridgehead atoms. The molecule has 1 fully saturated rings. The normalized spacial score (nSPS) is 28.1. The van der Waals surface area contributed by atoms with E-state index in [2.05, 4.69) is 41.5 Å². The van der Waals surface area contributed by atoms with Gasteiger partial charge in [-0.05, 0) is 56.8 Å². The lowest BCUT2D eigenvalue weighted by molar-refractivity contribution is 0.135. The molecule has 0 spiro atoms. The first-order valence-corrected chi connectivity index (χ1v) is 7.34. The third-order valence-electron chi connectivity index (χ3n) is 4.74. The van der Waals surface area contributed by atoms with Gasteiger partial charge in [0.05, 0.1) is 0 Å². The van der Waals surface area contributed by atoms with Crippen LogP contribution in [0.15, 0.2) is 24.3 Å². The van der Waals surface area contributed by atoms with Crippen molar-refractivity contribution >= 4 is 0 Å². The predicted octanol–water partition coefficient (Wildman–Crippen LogP) is 2.23. The van der Waals surface area contributed by atoms with Crippen LogP contribution in [-0.4, -0.2) is 37.1 Å². The van der Waals surface area contributed by atoms with Gasteiger partial charge in [-0.15, -0.1) is 0 Å². The molecule has 1 heterocycles. The van der Waals surface area contributed by atoms with Gasteiger partial charge in [0.25, 0.3) is 0 Å². The molecule has 2 nitrogen and oxygen atoms in total. The van der Waals surface area contributed by atoms with Crippen LogP contribution in [0.4, 0.5) is 0 Å². The SMILES string of the molecule is CN(C1CCCNC1)C1CCc2ccccc2C1. The topological polar surface area (TPSA) is 15.3 Å². The molecule has 2 atom stereocenters. The summed E-state index contributed by atoms with van der Waals surface area (Å²) in [7, 11) is 2.33. The van der Waals surface area contributed by atoms with E-state index < -0.39 is 0 Å². The van der Waals surface area contributed by atoms with Crippen molar-refractivity contribution < 1.29 is 0 Å². The van der Waals surface area contributed by atoms with Crippen LogP contribution in [0.25, 0.3) is 0 Å². The Bertz CT molecular complexity index is 396. The molecule has 18 heavy (non-hydrogen) atoms. The zero-order valence-electron chi connectivity index (χ0n) is 11.4. The molecule has 1 aliphatic carbocycles. The monoisotopic (exact) mass is 244 g/mol. The van der Waals surface area contributed by atoms with E-state index in [4.69, 9.17) is 0 Å². The Balaban J connectivity index is 1.67. The average molecular weight is 244 g/mol. The van der Waals surface area contributed by atoms with E-state index in [1.165, 1.54) is 45.2 Å². The Labute approximate surface area is 110 Å². The van der Waals surface area contributed by atoms with Gasteiger partial charge in [0.1, 0.15) is 0 Å². The number of rotatable bonds is 2. The first-order valence-electron chi connectivity index (χ1n) is 7.34. The lowest BCUT2D eigenvalue weighted by atomic mass is 9.86. The molecule has 1 saturated heterocycles. The van der Waals surface area contributed by atoms with Gasteiger partial charge in [-0.25, -0.2) is 0 Å². The maximum atomic E-state index is 3.53. The summed E-state index contributed by atoms with van der Waals surface area (Å²) in [6.45, 7) is 2.38. The minimum atomic E-state index is 0.741. The van der Waals surface area contributed by atoms with Crippen LogP contribution in [0, 0.1) is 0 Å². The molecule has 0 aromatic heterocycles. The van der Waals surface area contributed by atoms with Gasteiger partial charge in [-0.3, -0.25) is 4.90 Å². The van der Waals surface area contributed by atoms with Crippen molar-refractivity contribution in [2.24, 2.45) is 0 Å². The number of hydrogen-bond acceptors (Lipinski definition) is 2. The fraction of sp³-hybridized carbons (Fsp3) is 0.625. The number of nitrogens with one attached hydrogen (secondary N) is 1. The third kappa shape index (κ3) is 2.45. The van der Waals surface area contributed by atoms with Crippen molar-refractivity contribution in [1.29, 1.82) is 0 Å². The Kier molecular flexibility index (Phi) is 3.67. The molecular formula is C16H24N2. The molecule has 0 radical (unpaired) electrons. The first kappa shape index (κ1) is 12.2. The number of hydrogen-bond donors (Lipinski definition) is 1. The van der Waals surface area contributed by atoms with Crippen LogP contribution < -0.4 is 5.32 Å². The van der Waals surface area contributed by atoms with Crippen molar-refractivity contribution in [2.45, 2.75) is 44.2 Å². The molecule has 2 heteroatoms. The molecule has 1 aromatic carbocycles. The van der Waals surface area contributed by atoms with E-state index in [1.807, 2.05) is 0 Å². The second-order valence-electron chi connectivity index (χ2n) is 5.83. The molecule has 1 aromatic rings. The maximum Gasteiger partial charge on any atom is 0.0221 e. The van der Waals surface area contributed by atoms with E-state index in [-0.39, 0.29) is 0 Å². The van der Waals surface area contributed by atoms with Crippen molar-refractivity contribution in [3.63, 3.8) is 0 Å². The van der Waals surface area contributed by atoms with Crippen LogP contribution in [0.3, 0.4) is 0 Å². The summed E-state index contributed by atoms with van der Waals surface area (Å²) in [5.41, 5.74) is 3.15. The van der Waals surface area contributed by atoms with Crippen LogP contribution in [0.5, 0.6) is 0 Å². The molecular weight excluding hydrogens is 220 g/mol. The van der Waals surface area contributed by atoms with Crippen molar-refractivity contribution in [3.8, 4) is 0 Å². The Hall–Kier alpha value is -0.860. The lowest BCUT2D eigenvalue weighted by Crippen LogP contribution is -2.49. The third-order valence-corrected chi connectivity index (χ3v) is 4.74. The predicted molar refractivity (Wildman–Crippen MR) is 75.9 cm³/mol. The van der Waals surface area contributed by atoms with Crippen LogP contribution in [0.1, 0.15) is 30.4 Å². The van der Waals surface area contributed by atoms with Gasteiger partial charge in [0.2, 0.25) is 0 Å². The van der Waals surface area contributed by atoms with Crippen molar-refractivity contribution in [2.75, 3.05) is 20.1 Å². The van der Waals surface area contributed by atoms with Gasteiger partial charge in [0, 0.05) is 18.6 Å². The van der Waals surface area contributed by atoms with E-state index >= 15 is 0 Å². The zero-order valence-corrected chi connectivity index (χ0v) is 11.4. The number of piperidine rings is 1. The second kappa shape index (κ2) is 5.41. The molecule has 0 saturated carbocycles. The van der Waals surface area contributed by atoms with Crippen molar-refractivity contribution in [1.82, 2.24) is 10.2 Å². The summed E-state index contributed by atoms with van der Waals surface area (Å²) in [6, 6.07) is 10.5. The molecule has 2 unspecified atom stereocenters. The number of likely N-dealkylation sites (N-methyl/N-ethyl adjacent to an activating group) is 1. The van der Waals surface area contributed by atoms with Crippen LogP contribution in [-0.2, 0) is 12.8 Å². The van der Waals surface area contributed by atoms with Crippen LogP contribution >= 0.6 is 0 Å². The molecule has 98 valence electrons. The van der Waals surface area contributed by atoms with E-state index in [0.29, 0.717) is 0 Å². The van der Waals surface area contributed by atoms with E-state index in [0.717, 1.165) is 12.1 Å². The zero-order chi connectivity index (χ0) is 12.4. The van der Waals surface area contributed by atoms with Gasteiger partial charge < -0.3 is 5.32 Å². The lowest BCUT2D eigenvalue weighted by Gasteiger charge is -2.39. The van der Waals surface area contributed by atoms with Crippen molar-refractivity contribution in [3.05, 3.63) is 35.4 Å². The van der Waals surface area contributed by atoms with Gasteiger partial charge in [-0.1, -0.05) is 24.3 Å². The van der Waals surface area contributed by atoms with Gasteiger partial charge in [0.15, 0.2) is 0 Å². The number of benzene rings is 1. The summed E-state index contributed by atoms with van der Waals surface area (Å²) in [5.74, 6) is 0. The number of aryl methyl sites for hydroxylation is 1. The quantitative estimate of drug-likeness (QED) is 0.858. The van der Waals surface area contributed by atoms with Crippen LogP contribution in [0.2, 0.25) is 0 Å². The molecule has 2 aliphatic rings. The minimum absolute atomic E-state index is 0.741. The van der Waals surface area contributed by atoms with Gasteiger partial charge in [-0.2, -0.15) is 0 Å². The molecule has 1 aliphatic heterocycles. The summed E-state index contributed by atoms with van der Waals surface area (Å²) in [5, 5.41) is 3.53. The first-order chi connectivity index (χ1) is 8.84. The molecule has 1 N–H and O–H groups in total. The average Bonchev–Trinajstić information content (AvgIpc) is 2.47. The smallest absolute Gasteiger partial charge is 0.0221 e. The second-order valence-corrected chi connectivity index (χ2v) is 5.83. The molecule has 3 rings (SSSR count). The fourth-order valence-electron chi connectivity index (χ4n) is 3.51. The van der Waals surface area contributed by atoms with Gasteiger partial charge >= 0.3 is 0 Å². The summed E-state index contributed by atoms with van der Waals surface area (Å²) in [6.07, 6.45) is 6.51. The summed E-state index contributed by atoms with van der Waals surface area (Å²) < 4.78 is 0. The molecule has 0 amide bonds. The van der Waals surface area contributed by atoms with E-state index in [1.54, 1.807) is 11.1 Å². The van der Waals surface area contributed by atoms with E-state index in [9.17, 15) is 0 Å². The highest BCUT2D eigenvalue weighted by Crippen LogP contribution is 2.25. The number of fused-ring (bicyclic) bond motifs is 1. The Morgan fingerprint density at radius 1 is 1.11 bits per heavy atom. The Morgan fingerprint density at radius 3 is 2.72 bits per heavy atom. The maximum absolute atomic E-state index is 3.53. The Morgan fingerprint density at radius 2 is 1.94 bits per heavy atom. The minimum Gasteiger partial charge on any atom is -0.315 e. The highest BCUT2D eigenvalue weighted by Gasteiger charge is 2.27.